The Kier molecular flexibility index (Phi) is 3.57. The first kappa shape index (κ1) is 15.5. The highest BCUT2D eigenvalue weighted by Gasteiger charge is 2.12. The second-order valence-electron chi connectivity index (χ2n) is 6.62. The number of benzene rings is 2. The fourth-order valence-electron chi connectivity index (χ4n) is 3.27. The third-order valence-corrected chi connectivity index (χ3v) is 4.72. The second kappa shape index (κ2) is 5.78. The van der Waals surface area contributed by atoms with Crippen LogP contribution >= 0.6 is 0 Å². The minimum absolute atomic E-state index is 0.940. The summed E-state index contributed by atoms with van der Waals surface area (Å²) in [6.07, 6.45) is 2.09. The van der Waals surface area contributed by atoms with Gasteiger partial charge in [-0.25, -0.2) is 4.98 Å². The quantitative estimate of drug-likeness (QED) is 0.536. The van der Waals surface area contributed by atoms with Gasteiger partial charge in [-0.3, -0.25) is 0 Å². The summed E-state index contributed by atoms with van der Waals surface area (Å²) in [5.74, 6) is 0.940. The maximum atomic E-state index is 4.75. The molecule has 0 unspecified atom stereocenters. The molecule has 0 saturated carbocycles. The standard InChI is InChI=1S/C22H21N3/c1-15(16-9-10-21-17(13-16)11-12-25(21)4)19-14-22(24(2)3)23-20-8-6-5-7-18(19)20/h5-14H,1H2,2-4H3. The Hall–Kier alpha value is -3.07. The van der Waals surface area contributed by atoms with E-state index in [9.17, 15) is 0 Å². The first-order valence-electron chi connectivity index (χ1n) is 8.36. The number of fused-ring (bicyclic) bond motifs is 2. The van der Waals surface area contributed by atoms with E-state index in [-0.39, 0.29) is 0 Å². The number of rotatable bonds is 3. The monoisotopic (exact) mass is 327 g/mol. The first-order chi connectivity index (χ1) is 12.0. The largest absolute Gasteiger partial charge is 0.363 e. The normalized spacial score (nSPS) is 11.2. The number of aromatic nitrogens is 2. The summed E-state index contributed by atoms with van der Waals surface area (Å²) in [5, 5.41) is 2.36. The van der Waals surface area contributed by atoms with Gasteiger partial charge in [0.2, 0.25) is 0 Å². The van der Waals surface area contributed by atoms with Gasteiger partial charge in [0.25, 0.3) is 0 Å². The van der Waals surface area contributed by atoms with E-state index in [0.717, 1.165) is 33.4 Å². The number of para-hydroxylation sites is 1. The summed E-state index contributed by atoms with van der Waals surface area (Å²) in [6, 6.07) is 19.0. The second-order valence-corrected chi connectivity index (χ2v) is 6.62. The van der Waals surface area contributed by atoms with Gasteiger partial charge in [0.15, 0.2) is 0 Å². The van der Waals surface area contributed by atoms with Crippen molar-refractivity contribution >= 4 is 33.2 Å². The summed E-state index contributed by atoms with van der Waals surface area (Å²) in [4.78, 5) is 6.78. The van der Waals surface area contributed by atoms with Gasteiger partial charge >= 0.3 is 0 Å². The van der Waals surface area contributed by atoms with Crippen molar-refractivity contribution in [2.75, 3.05) is 19.0 Å². The molecule has 0 fully saturated rings. The molecule has 2 heterocycles. The molecule has 0 aliphatic rings. The molecule has 3 nitrogen and oxygen atoms in total. The number of hydrogen-bond donors (Lipinski definition) is 0. The van der Waals surface area contributed by atoms with Gasteiger partial charge < -0.3 is 9.47 Å². The summed E-state index contributed by atoms with van der Waals surface area (Å²) >= 11 is 0. The highest BCUT2D eigenvalue weighted by Crippen LogP contribution is 2.32. The Morgan fingerprint density at radius 1 is 1.04 bits per heavy atom. The Bertz CT molecular complexity index is 1100. The molecule has 0 radical (unpaired) electrons. The lowest BCUT2D eigenvalue weighted by atomic mass is 9.95. The van der Waals surface area contributed by atoms with Crippen LogP contribution in [-0.2, 0) is 7.05 Å². The maximum Gasteiger partial charge on any atom is 0.129 e. The molecule has 2 aromatic carbocycles. The number of nitrogens with zero attached hydrogens (tertiary/aromatic N) is 3. The Morgan fingerprint density at radius 2 is 1.84 bits per heavy atom. The number of aryl methyl sites for hydroxylation is 1. The van der Waals surface area contributed by atoms with Crippen LogP contribution in [0.1, 0.15) is 11.1 Å². The SMILES string of the molecule is C=C(c1ccc2c(ccn2C)c1)c1cc(N(C)C)nc2ccccc12. The average molecular weight is 327 g/mol. The predicted molar refractivity (Wildman–Crippen MR) is 107 cm³/mol. The lowest BCUT2D eigenvalue weighted by Gasteiger charge is -2.16. The molecule has 0 saturated heterocycles. The molecule has 25 heavy (non-hydrogen) atoms. The highest BCUT2D eigenvalue weighted by atomic mass is 15.1. The molecule has 124 valence electrons. The van der Waals surface area contributed by atoms with Crippen molar-refractivity contribution in [1.29, 1.82) is 0 Å². The molecular weight excluding hydrogens is 306 g/mol. The lowest BCUT2D eigenvalue weighted by Crippen LogP contribution is -2.11. The van der Waals surface area contributed by atoms with E-state index in [0.29, 0.717) is 0 Å². The number of pyridine rings is 1. The summed E-state index contributed by atoms with van der Waals surface area (Å²) in [6.45, 7) is 4.41. The van der Waals surface area contributed by atoms with Gasteiger partial charge in [0.05, 0.1) is 5.52 Å². The molecular formula is C22H21N3. The summed E-state index contributed by atoms with van der Waals surface area (Å²) < 4.78 is 2.13. The van der Waals surface area contributed by atoms with Crippen LogP contribution in [0.15, 0.2) is 67.4 Å². The van der Waals surface area contributed by atoms with Gasteiger partial charge in [-0.2, -0.15) is 0 Å². The van der Waals surface area contributed by atoms with E-state index in [1.807, 2.05) is 25.1 Å². The van der Waals surface area contributed by atoms with Gasteiger partial charge in [-0.15, -0.1) is 0 Å². The average Bonchev–Trinajstić information content (AvgIpc) is 3.00. The Balaban J connectivity index is 1.90. The molecule has 3 heteroatoms. The molecule has 0 bridgehead atoms. The maximum absolute atomic E-state index is 4.75. The number of hydrogen-bond acceptors (Lipinski definition) is 2. The summed E-state index contributed by atoms with van der Waals surface area (Å²) in [5.41, 5.74) is 5.51. The Morgan fingerprint density at radius 3 is 2.64 bits per heavy atom. The van der Waals surface area contributed by atoms with Crippen LogP contribution in [0.25, 0.3) is 27.4 Å². The van der Waals surface area contributed by atoms with Gasteiger partial charge in [0.1, 0.15) is 5.82 Å². The topological polar surface area (TPSA) is 21.1 Å². The van der Waals surface area contributed by atoms with Crippen molar-refractivity contribution in [1.82, 2.24) is 9.55 Å². The van der Waals surface area contributed by atoms with E-state index in [4.69, 9.17) is 4.98 Å². The molecule has 0 aliphatic heterocycles. The fraction of sp³-hybridized carbons (Fsp3) is 0.136. The molecule has 0 aliphatic carbocycles. The lowest BCUT2D eigenvalue weighted by molar-refractivity contribution is 0.969. The van der Waals surface area contributed by atoms with Gasteiger partial charge in [-0.05, 0) is 47.0 Å². The molecule has 0 amide bonds. The van der Waals surface area contributed by atoms with E-state index >= 15 is 0 Å². The highest BCUT2D eigenvalue weighted by molar-refractivity contribution is 5.98. The van der Waals surface area contributed by atoms with E-state index in [1.165, 1.54) is 10.9 Å². The van der Waals surface area contributed by atoms with Crippen LogP contribution in [0, 0.1) is 0 Å². The molecule has 0 atom stereocenters. The minimum Gasteiger partial charge on any atom is -0.363 e. The van der Waals surface area contributed by atoms with Crippen molar-refractivity contribution in [2.24, 2.45) is 7.05 Å². The van der Waals surface area contributed by atoms with Crippen molar-refractivity contribution in [3.8, 4) is 0 Å². The van der Waals surface area contributed by atoms with Gasteiger partial charge in [0, 0.05) is 43.6 Å². The van der Waals surface area contributed by atoms with Crippen LogP contribution in [0.2, 0.25) is 0 Å². The van der Waals surface area contributed by atoms with Crippen molar-refractivity contribution in [2.45, 2.75) is 0 Å². The molecule has 2 aromatic heterocycles. The molecule has 4 aromatic rings. The third-order valence-electron chi connectivity index (χ3n) is 4.72. The smallest absolute Gasteiger partial charge is 0.129 e. The van der Waals surface area contributed by atoms with Crippen LogP contribution in [0.3, 0.4) is 0 Å². The zero-order chi connectivity index (χ0) is 17.6. The zero-order valence-electron chi connectivity index (χ0n) is 14.8. The van der Waals surface area contributed by atoms with Crippen LogP contribution in [0.5, 0.6) is 0 Å². The Labute approximate surface area is 147 Å². The minimum atomic E-state index is 0.940. The first-order valence-corrected chi connectivity index (χ1v) is 8.36. The third kappa shape index (κ3) is 2.58. The van der Waals surface area contributed by atoms with Crippen LogP contribution in [0.4, 0.5) is 5.82 Å². The van der Waals surface area contributed by atoms with Crippen molar-refractivity contribution in [3.63, 3.8) is 0 Å². The summed E-state index contributed by atoms with van der Waals surface area (Å²) in [7, 11) is 6.09. The van der Waals surface area contributed by atoms with E-state index in [1.54, 1.807) is 0 Å². The number of anilines is 1. The zero-order valence-corrected chi connectivity index (χ0v) is 14.8. The molecule has 4 rings (SSSR count). The van der Waals surface area contributed by atoms with Crippen LogP contribution in [-0.4, -0.2) is 23.6 Å². The van der Waals surface area contributed by atoms with Crippen molar-refractivity contribution in [3.05, 3.63) is 78.5 Å². The molecule has 0 N–H and O–H groups in total. The van der Waals surface area contributed by atoms with Crippen molar-refractivity contribution < 1.29 is 0 Å². The fourth-order valence-corrected chi connectivity index (χ4v) is 3.27. The van der Waals surface area contributed by atoms with E-state index in [2.05, 4.69) is 72.9 Å². The molecule has 0 spiro atoms. The van der Waals surface area contributed by atoms with Gasteiger partial charge in [-0.1, -0.05) is 30.8 Å². The van der Waals surface area contributed by atoms with E-state index < -0.39 is 0 Å². The predicted octanol–water partition coefficient (Wildman–Crippen LogP) is 4.85. The van der Waals surface area contributed by atoms with Crippen LogP contribution < -0.4 is 4.90 Å².